The molecule has 3 N–H and O–H groups in total. The highest BCUT2D eigenvalue weighted by atomic mass is 32.2. The van der Waals surface area contributed by atoms with Crippen molar-refractivity contribution in [2.75, 3.05) is 6.54 Å². The van der Waals surface area contributed by atoms with Gasteiger partial charge in [-0.15, -0.1) is 0 Å². The van der Waals surface area contributed by atoms with Crippen LogP contribution < -0.4 is 11.1 Å². The van der Waals surface area contributed by atoms with E-state index in [4.69, 9.17) is 10.5 Å². The summed E-state index contributed by atoms with van der Waals surface area (Å²) >= 11 is 0. The number of hydrogen-bond acceptors (Lipinski definition) is 5. The van der Waals surface area contributed by atoms with Crippen molar-refractivity contribution < 1.29 is 22.3 Å². The summed E-state index contributed by atoms with van der Waals surface area (Å²) < 4.78 is 45.7. The first-order valence-corrected chi connectivity index (χ1v) is 11.2. The average Bonchev–Trinajstić information content (AvgIpc) is 3.30. The van der Waals surface area contributed by atoms with E-state index in [1.807, 2.05) is 6.92 Å². The Morgan fingerprint density at radius 1 is 1.13 bits per heavy atom. The molecule has 3 rings (SSSR count). The van der Waals surface area contributed by atoms with Crippen LogP contribution in [-0.4, -0.2) is 37.4 Å². The first kappa shape index (κ1) is 22.2. The molecule has 3 atom stereocenters. The summed E-state index contributed by atoms with van der Waals surface area (Å²) in [5, 5.41) is 1.71. The third-order valence-electron chi connectivity index (χ3n) is 5.24. The van der Waals surface area contributed by atoms with Crippen molar-refractivity contribution in [3.05, 3.63) is 65.5 Å². The molecule has 6 nitrogen and oxygen atoms in total. The fourth-order valence-corrected chi connectivity index (χ4v) is 6.16. The Hall–Kier alpha value is -2.45. The van der Waals surface area contributed by atoms with Gasteiger partial charge in [-0.1, -0.05) is 29.8 Å². The number of halogens is 1. The van der Waals surface area contributed by atoms with E-state index < -0.39 is 44.1 Å². The number of nitrogens with one attached hydrogen (secondary N) is 1. The number of amides is 1. The number of benzene rings is 2. The number of rotatable bonds is 5. The van der Waals surface area contributed by atoms with Crippen LogP contribution in [0.2, 0.25) is 0 Å². The molecule has 162 valence electrons. The molecule has 0 unspecified atom stereocenters. The molecule has 2 aromatic carbocycles. The molecule has 0 aliphatic heterocycles. The summed E-state index contributed by atoms with van der Waals surface area (Å²) in [7, 11) is -3.84. The van der Waals surface area contributed by atoms with Gasteiger partial charge in [0.05, 0.1) is 10.4 Å². The molecule has 1 fully saturated rings. The van der Waals surface area contributed by atoms with Crippen molar-refractivity contribution >= 4 is 15.9 Å². The molecule has 0 bridgehead atoms. The molecule has 30 heavy (non-hydrogen) atoms. The number of sulfone groups is 1. The highest BCUT2D eigenvalue weighted by Crippen LogP contribution is 2.57. The summed E-state index contributed by atoms with van der Waals surface area (Å²) in [6.07, 6.45) is -0.748. The van der Waals surface area contributed by atoms with Crippen LogP contribution in [0, 0.1) is 12.7 Å². The maximum Gasteiger partial charge on any atom is 0.408 e. The second-order valence-electron chi connectivity index (χ2n) is 8.68. The first-order valence-electron chi connectivity index (χ1n) is 9.68. The molecule has 1 aliphatic rings. The van der Waals surface area contributed by atoms with Crippen LogP contribution in [0.4, 0.5) is 9.18 Å². The number of hydrogen-bond donors (Lipinski definition) is 2. The van der Waals surface area contributed by atoms with E-state index in [1.165, 1.54) is 24.3 Å². The summed E-state index contributed by atoms with van der Waals surface area (Å²) in [5.74, 6) is -1.07. The number of carbonyl (C=O) groups is 1. The fourth-order valence-electron chi connectivity index (χ4n) is 3.81. The van der Waals surface area contributed by atoms with E-state index >= 15 is 0 Å². The van der Waals surface area contributed by atoms with Crippen molar-refractivity contribution in [2.45, 2.75) is 54.9 Å². The zero-order valence-corrected chi connectivity index (χ0v) is 18.3. The lowest BCUT2D eigenvalue weighted by Gasteiger charge is -2.24. The molecule has 0 spiro atoms. The third kappa shape index (κ3) is 4.20. The van der Waals surface area contributed by atoms with E-state index in [-0.39, 0.29) is 11.4 Å². The largest absolute Gasteiger partial charge is 0.444 e. The van der Waals surface area contributed by atoms with Gasteiger partial charge in [0.15, 0.2) is 9.84 Å². The zero-order valence-electron chi connectivity index (χ0n) is 17.5. The first-order chi connectivity index (χ1) is 13.9. The molecule has 0 saturated heterocycles. The van der Waals surface area contributed by atoms with Crippen molar-refractivity contribution in [3.63, 3.8) is 0 Å². The van der Waals surface area contributed by atoms with Gasteiger partial charge in [0.2, 0.25) is 0 Å². The molecule has 8 heteroatoms. The Kier molecular flexibility index (Phi) is 5.68. The third-order valence-corrected chi connectivity index (χ3v) is 7.53. The van der Waals surface area contributed by atoms with Crippen LogP contribution in [0.1, 0.15) is 37.8 Å². The highest BCUT2D eigenvalue weighted by molar-refractivity contribution is 7.92. The number of alkyl carbamates (subject to hydrolysis) is 1. The number of nitrogens with two attached hydrogens (primary N) is 1. The van der Waals surface area contributed by atoms with Gasteiger partial charge < -0.3 is 15.8 Å². The van der Waals surface area contributed by atoms with Crippen molar-refractivity contribution in [2.24, 2.45) is 5.73 Å². The monoisotopic (exact) mass is 434 g/mol. The second-order valence-corrected chi connectivity index (χ2v) is 10.7. The Morgan fingerprint density at radius 2 is 1.70 bits per heavy atom. The quantitative estimate of drug-likeness (QED) is 0.752. The molecule has 1 saturated carbocycles. The van der Waals surface area contributed by atoms with Crippen LogP contribution in [0.3, 0.4) is 0 Å². The standard InChI is InChI=1S/C22H27FN2O4S/c1-14-5-11-17(12-6-14)30(27,28)19-18(15-7-9-16(23)10-8-15)22(19,13-24)25-20(26)29-21(2,3)4/h5-12,18-19H,13,24H2,1-4H3,(H,25,26)/t18-,19+,22-/m0/s1. The topological polar surface area (TPSA) is 98.5 Å². The van der Waals surface area contributed by atoms with Gasteiger partial charge in [0.1, 0.15) is 16.7 Å². The summed E-state index contributed by atoms with van der Waals surface area (Å²) in [6, 6.07) is 12.1. The number of ether oxygens (including phenoxy) is 1. The van der Waals surface area contributed by atoms with Gasteiger partial charge in [0.25, 0.3) is 0 Å². The van der Waals surface area contributed by atoms with Crippen LogP contribution in [0.25, 0.3) is 0 Å². The molecule has 0 aromatic heterocycles. The minimum atomic E-state index is -3.84. The Morgan fingerprint density at radius 3 is 2.20 bits per heavy atom. The lowest BCUT2D eigenvalue weighted by Crippen LogP contribution is -2.49. The number of aryl methyl sites for hydroxylation is 1. The van der Waals surface area contributed by atoms with Gasteiger partial charge in [-0.25, -0.2) is 17.6 Å². The summed E-state index contributed by atoms with van der Waals surface area (Å²) in [6.45, 7) is 6.89. The Balaban J connectivity index is 2.03. The predicted molar refractivity (Wildman–Crippen MR) is 112 cm³/mol. The average molecular weight is 435 g/mol. The van der Waals surface area contributed by atoms with Crippen LogP contribution in [0.15, 0.2) is 53.4 Å². The predicted octanol–water partition coefficient (Wildman–Crippen LogP) is 3.30. The Bertz CT molecular complexity index is 1030. The van der Waals surface area contributed by atoms with E-state index in [1.54, 1.807) is 45.0 Å². The minimum absolute atomic E-state index is 0.121. The van der Waals surface area contributed by atoms with Crippen molar-refractivity contribution in [1.82, 2.24) is 5.32 Å². The van der Waals surface area contributed by atoms with Gasteiger partial charge in [-0.2, -0.15) is 0 Å². The lowest BCUT2D eigenvalue weighted by atomic mass is 10.1. The van der Waals surface area contributed by atoms with Crippen LogP contribution >= 0.6 is 0 Å². The van der Waals surface area contributed by atoms with Crippen molar-refractivity contribution in [3.8, 4) is 0 Å². The van der Waals surface area contributed by atoms with E-state index in [2.05, 4.69) is 5.32 Å². The van der Waals surface area contributed by atoms with Crippen molar-refractivity contribution in [1.29, 1.82) is 0 Å². The number of carbonyl (C=O) groups excluding carboxylic acids is 1. The maximum absolute atomic E-state index is 13.5. The van der Waals surface area contributed by atoms with Gasteiger partial charge in [-0.05, 0) is 57.5 Å². The fraction of sp³-hybridized carbons (Fsp3) is 0.409. The molecule has 1 aliphatic carbocycles. The van der Waals surface area contributed by atoms with E-state index in [9.17, 15) is 17.6 Å². The highest BCUT2D eigenvalue weighted by Gasteiger charge is 2.71. The lowest BCUT2D eigenvalue weighted by molar-refractivity contribution is 0.0497. The normalized spacial score (nSPS) is 23.7. The smallest absolute Gasteiger partial charge is 0.408 e. The van der Waals surface area contributed by atoms with Crippen LogP contribution in [0.5, 0.6) is 0 Å². The summed E-state index contributed by atoms with van der Waals surface area (Å²) in [4.78, 5) is 12.7. The molecular weight excluding hydrogens is 407 g/mol. The SMILES string of the molecule is Cc1ccc(S(=O)(=O)[C@@H]2[C@H](c3ccc(F)cc3)[C@]2(CN)NC(=O)OC(C)(C)C)cc1. The van der Waals surface area contributed by atoms with Gasteiger partial charge in [0, 0.05) is 12.5 Å². The minimum Gasteiger partial charge on any atom is -0.444 e. The molecule has 1 amide bonds. The zero-order chi connectivity index (χ0) is 22.3. The van der Waals surface area contributed by atoms with Gasteiger partial charge in [-0.3, -0.25) is 0 Å². The summed E-state index contributed by atoms with van der Waals surface area (Å²) in [5.41, 5.74) is 5.51. The molecular formula is C22H27FN2O4S. The van der Waals surface area contributed by atoms with Gasteiger partial charge >= 0.3 is 6.09 Å². The second kappa shape index (κ2) is 7.67. The molecule has 0 radical (unpaired) electrons. The maximum atomic E-state index is 13.5. The Labute approximate surface area is 176 Å². The van der Waals surface area contributed by atoms with E-state index in [0.717, 1.165) is 5.56 Å². The molecule has 2 aromatic rings. The van der Waals surface area contributed by atoms with E-state index in [0.29, 0.717) is 5.56 Å². The van der Waals surface area contributed by atoms with Crippen LogP contribution in [-0.2, 0) is 14.6 Å². The molecule has 0 heterocycles.